The molecule has 1 aromatic carbocycles. The molecule has 6 nitrogen and oxygen atoms in total. The van der Waals surface area contributed by atoms with Crippen LogP contribution < -0.4 is 5.32 Å². The molecule has 0 aliphatic carbocycles. The first-order chi connectivity index (χ1) is 12.0. The lowest BCUT2D eigenvalue weighted by Gasteiger charge is -2.38. The molecule has 1 heterocycles. The fraction of sp³-hybridized carbons (Fsp3) is 0.562. The first-order valence-electron chi connectivity index (χ1n) is 8.12. The molecule has 144 valence electrons. The van der Waals surface area contributed by atoms with Crippen LogP contribution in [0.25, 0.3) is 0 Å². The van der Waals surface area contributed by atoms with Gasteiger partial charge in [-0.05, 0) is 39.3 Å². The number of alkyl halides is 3. The molecule has 1 amide bonds. The standard InChI is InChI=1S/C16H19ClF3N3O3/c1-9(2)22(10-4-3-5-21-8-10)15(24)11-6-14(23(25)26)13(17)7-12(11)16(18,19)20/h6-7,9-10,21H,3-5,8H2,1-2H3/t10-/m1/s1. The highest BCUT2D eigenvalue weighted by Crippen LogP contribution is 2.38. The molecule has 1 aliphatic rings. The van der Waals surface area contributed by atoms with Crippen molar-refractivity contribution >= 4 is 23.2 Å². The van der Waals surface area contributed by atoms with Gasteiger partial charge in [0, 0.05) is 24.7 Å². The van der Waals surface area contributed by atoms with Crippen LogP contribution in [0.15, 0.2) is 12.1 Å². The largest absolute Gasteiger partial charge is 0.417 e. The predicted molar refractivity (Wildman–Crippen MR) is 90.3 cm³/mol. The number of piperidine rings is 1. The summed E-state index contributed by atoms with van der Waals surface area (Å²) < 4.78 is 40.3. The molecular weight excluding hydrogens is 375 g/mol. The lowest BCUT2D eigenvalue weighted by atomic mass is 9.99. The summed E-state index contributed by atoms with van der Waals surface area (Å²) in [5.74, 6) is -0.888. The van der Waals surface area contributed by atoms with E-state index in [1.54, 1.807) is 13.8 Å². The second-order valence-corrected chi connectivity index (χ2v) is 6.82. The van der Waals surface area contributed by atoms with Gasteiger partial charge in [0.25, 0.3) is 11.6 Å². The predicted octanol–water partition coefficient (Wildman–Crippen LogP) is 3.87. The van der Waals surface area contributed by atoms with Crippen molar-refractivity contribution in [2.75, 3.05) is 13.1 Å². The Bertz CT molecular complexity index is 704. The fourth-order valence-corrected chi connectivity index (χ4v) is 3.38. The number of nitro benzene ring substituents is 1. The number of benzene rings is 1. The van der Waals surface area contributed by atoms with Gasteiger partial charge in [-0.3, -0.25) is 14.9 Å². The molecule has 2 rings (SSSR count). The van der Waals surface area contributed by atoms with Crippen LogP contribution in [0.2, 0.25) is 5.02 Å². The van der Waals surface area contributed by atoms with Crippen LogP contribution in [-0.4, -0.2) is 40.9 Å². The van der Waals surface area contributed by atoms with E-state index in [2.05, 4.69) is 5.32 Å². The lowest BCUT2D eigenvalue weighted by molar-refractivity contribution is -0.384. The molecular formula is C16H19ClF3N3O3. The summed E-state index contributed by atoms with van der Waals surface area (Å²) in [5.41, 5.74) is -2.76. The summed E-state index contributed by atoms with van der Waals surface area (Å²) in [7, 11) is 0. The lowest BCUT2D eigenvalue weighted by Crippen LogP contribution is -2.51. The Labute approximate surface area is 153 Å². The Morgan fingerprint density at radius 1 is 1.42 bits per heavy atom. The molecule has 1 aliphatic heterocycles. The number of hydrogen-bond donors (Lipinski definition) is 1. The zero-order valence-corrected chi connectivity index (χ0v) is 15.0. The van der Waals surface area contributed by atoms with E-state index in [9.17, 15) is 28.1 Å². The van der Waals surface area contributed by atoms with Crippen molar-refractivity contribution in [3.05, 3.63) is 38.4 Å². The summed E-state index contributed by atoms with van der Waals surface area (Å²) in [6.07, 6.45) is -3.43. The molecule has 1 fully saturated rings. The van der Waals surface area contributed by atoms with Crippen molar-refractivity contribution in [1.29, 1.82) is 0 Å². The Morgan fingerprint density at radius 2 is 2.08 bits per heavy atom. The van der Waals surface area contributed by atoms with E-state index in [1.807, 2.05) is 0 Å². The van der Waals surface area contributed by atoms with Crippen molar-refractivity contribution in [1.82, 2.24) is 10.2 Å². The minimum absolute atomic E-state index is 0.285. The van der Waals surface area contributed by atoms with Crippen LogP contribution in [0.5, 0.6) is 0 Å². The first-order valence-corrected chi connectivity index (χ1v) is 8.50. The minimum atomic E-state index is -4.86. The maximum atomic E-state index is 13.4. The van der Waals surface area contributed by atoms with E-state index in [1.165, 1.54) is 4.90 Å². The quantitative estimate of drug-likeness (QED) is 0.622. The number of halogens is 4. The average Bonchev–Trinajstić information content (AvgIpc) is 2.54. The van der Waals surface area contributed by atoms with Gasteiger partial charge in [-0.1, -0.05) is 11.6 Å². The van der Waals surface area contributed by atoms with Crippen LogP contribution in [0.1, 0.15) is 42.6 Å². The third-order valence-corrected chi connectivity index (χ3v) is 4.58. The number of carbonyl (C=O) groups is 1. The number of nitrogens with zero attached hydrogens (tertiary/aromatic N) is 2. The second kappa shape index (κ2) is 7.79. The number of amides is 1. The van der Waals surface area contributed by atoms with Crippen molar-refractivity contribution < 1.29 is 22.9 Å². The average molecular weight is 394 g/mol. The van der Waals surface area contributed by atoms with Crippen LogP contribution in [-0.2, 0) is 6.18 Å². The Kier molecular flexibility index (Phi) is 6.13. The molecule has 26 heavy (non-hydrogen) atoms. The SMILES string of the molecule is CC(C)N(C(=O)c1cc([N+](=O)[O-])c(Cl)cc1C(F)(F)F)[C@@H]1CCCNC1. The van der Waals surface area contributed by atoms with Gasteiger partial charge in [0.05, 0.1) is 16.1 Å². The monoisotopic (exact) mass is 393 g/mol. The van der Waals surface area contributed by atoms with Crippen molar-refractivity contribution in [3.63, 3.8) is 0 Å². The maximum absolute atomic E-state index is 13.4. The molecule has 1 N–H and O–H groups in total. The molecule has 10 heteroatoms. The van der Waals surface area contributed by atoms with Gasteiger partial charge in [-0.25, -0.2) is 0 Å². The number of nitro groups is 1. The van der Waals surface area contributed by atoms with Gasteiger partial charge < -0.3 is 10.2 Å². The molecule has 1 saturated heterocycles. The number of nitrogens with one attached hydrogen (secondary N) is 1. The fourth-order valence-electron chi connectivity index (χ4n) is 3.15. The molecule has 0 radical (unpaired) electrons. The van der Waals surface area contributed by atoms with Gasteiger partial charge in [0.1, 0.15) is 5.02 Å². The smallest absolute Gasteiger partial charge is 0.332 e. The zero-order valence-electron chi connectivity index (χ0n) is 14.3. The molecule has 0 aromatic heterocycles. The summed E-state index contributed by atoms with van der Waals surface area (Å²) in [6, 6.07) is 0.416. The summed E-state index contributed by atoms with van der Waals surface area (Å²) in [5, 5.41) is 13.5. The van der Waals surface area contributed by atoms with E-state index in [0.717, 1.165) is 13.0 Å². The highest BCUT2D eigenvalue weighted by Gasteiger charge is 2.40. The second-order valence-electron chi connectivity index (χ2n) is 6.41. The van der Waals surface area contributed by atoms with E-state index in [0.29, 0.717) is 25.1 Å². The molecule has 1 aromatic rings. The van der Waals surface area contributed by atoms with Gasteiger partial charge in [-0.2, -0.15) is 13.2 Å². The zero-order chi connectivity index (χ0) is 19.6. The molecule has 1 atom stereocenters. The van der Waals surface area contributed by atoms with Crippen molar-refractivity contribution in [3.8, 4) is 0 Å². The Morgan fingerprint density at radius 3 is 2.54 bits per heavy atom. The van der Waals surface area contributed by atoms with Crippen molar-refractivity contribution in [2.45, 2.75) is 44.9 Å². The third-order valence-electron chi connectivity index (χ3n) is 4.27. The van der Waals surface area contributed by atoms with Crippen LogP contribution >= 0.6 is 11.6 Å². The molecule has 0 spiro atoms. The topological polar surface area (TPSA) is 75.5 Å². The first kappa shape index (κ1) is 20.4. The maximum Gasteiger partial charge on any atom is 0.417 e. The van der Waals surface area contributed by atoms with E-state index >= 15 is 0 Å². The molecule has 0 saturated carbocycles. The van der Waals surface area contributed by atoms with Gasteiger partial charge in [0.15, 0.2) is 0 Å². The highest BCUT2D eigenvalue weighted by molar-refractivity contribution is 6.33. The summed E-state index contributed by atoms with van der Waals surface area (Å²) in [4.78, 5) is 24.5. The van der Waals surface area contributed by atoms with Crippen molar-refractivity contribution in [2.24, 2.45) is 0 Å². The highest BCUT2D eigenvalue weighted by atomic mass is 35.5. The van der Waals surface area contributed by atoms with Crippen LogP contribution in [0.4, 0.5) is 18.9 Å². The normalized spacial score (nSPS) is 18.0. The van der Waals surface area contributed by atoms with Gasteiger partial charge in [-0.15, -0.1) is 0 Å². The van der Waals surface area contributed by atoms with Gasteiger partial charge >= 0.3 is 6.18 Å². The number of rotatable bonds is 4. The summed E-state index contributed by atoms with van der Waals surface area (Å²) in [6.45, 7) is 4.63. The van der Waals surface area contributed by atoms with Crippen LogP contribution in [0.3, 0.4) is 0 Å². The van der Waals surface area contributed by atoms with E-state index in [4.69, 9.17) is 11.6 Å². The molecule has 0 unspecified atom stereocenters. The van der Waals surface area contributed by atoms with E-state index < -0.39 is 38.8 Å². The van der Waals surface area contributed by atoms with Crippen LogP contribution in [0, 0.1) is 10.1 Å². The third kappa shape index (κ3) is 4.27. The number of carbonyl (C=O) groups excluding carboxylic acids is 1. The summed E-state index contributed by atoms with van der Waals surface area (Å²) >= 11 is 5.62. The Balaban J connectivity index is 2.57. The minimum Gasteiger partial charge on any atom is -0.332 e. The van der Waals surface area contributed by atoms with E-state index in [-0.39, 0.29) is 12.1 Å². The Hall–Kier alpha value is -1.87. The number of hydrogen-bond acceptors (Lipinski definition) is 4. The molecule has 0 bridgehead atoms. The van der Waals surface area contributed by atoms with Gasteiger partial charge in [0.2, 0.25) is 0 Å².